The minimum absolute atomic E-state index is 0.0585. The molecular formula is C16H18ClN3O6S. The van der Waals surface area contributed by atoms with Crippen LogP contribution in [0.15, 0.2) is 33.7 Å². The molecule has 27 heavy (non-hydrogen) atoms. The van der Waals surface area contributed by atoms with Crippen molar-refractivity contribution < 1.29 is 27.3 Å². The molecule has 0 aliphatic heterocycles. The number of benzene rings is 1. The van der Waals surface area contributed by atoms with E-state index in [1.807, 2.05) is 0 Å². The molecule has 2 rings (SSSR count). The number of anilines is 1. The first-order valence-corrected chi connectivity index (χ1v) is 9.69. The minimum Gasteiger partial charge on any atom is -0.456 e. The Morgan fingerprint density at radius 1 is 1.30 bits per heavy atom. The molecule has 11 heteroatoms. The van der Waals surface area contributed by atoms with Crippen LogP contribution in [0, 0.1) is 13.8 Å². The number of hydrogen-bond donors (Lipinski definition) is 2. The average Bonchev–Trinajstić information content (AvgIpc) is 2.92. The molecule has 9 nitrogen and oxygen atoms in total. The monoisotopic (exact) mass is 415 g/mol. The van der Waals surface area contributed by atoms with E-state index in [-0.39, 0.29) is 29.3 Å². The fourth-order valence-electron chi connectivity index (χ4n) is 2.20. The van der Waals surface area contributed by atoms with E-state index in [1.165, 1.54) is 13.8 Å². The van der Waals surface area contributed by atoms with E-state index in [2.05, 4.69) is 15.2 Å². The van der Waals surface area contributed by atoms with Crippen molar-refractivity contribution in [3.63, 3.8) is 0 Å². The standard InChI is InChI=1S/C16H18ClN3O6S/c1-10-16(11(2)26-20-10)27(23,24)18-7-6-15(22)25-9-14(21)19-13-5-3-4-12(17)8-13/h3-5,8,18H,6-7,9H2,1-2H3,(H,19,21). The Bertz CT molecular complexity index is 922. The van der Waals surface area contributed by atoms with Gasteiger partial charge in [-0.2, -0.15) is 0 Å². The van der Waals surface area contributed by atoms with Crippen LogP contribution >= 0.6 is 11.6 Å². The first-order valence-electron chi connectivity index (χ1n) is 7.82. The van der Waals surface area contributed by atoms with Gasteiger partial charge in [-0.05, 0) is 32.0 Å². The number of aromatic nitrogens is 1. The molecule has 1 aromatic carbocycles. The molecule has 1 aromatic heterocycles. The van der Waals surface area contributed by atoms with E-state index < -0.39 is 28.5 Å². The summed E-state index contributed by atoms with van der Waals surface area (Å²) in [4.78, 5) is 23.3. The Kier molecular flexibility index (Phi) is 6.94. The number of amides is 1. The van der Waals surface area contributed by atoms with Crippen LogP contribution in [-0.2, 0) is 24.3 Å². The number of nitrogens with one attached hydrogen (secondary N) is 2. The quantitative estimate of drug-likeness (QED) is 0.629. The van der Waals surface area contributed by atoms with Crippen molar-refractivity contribution in [2.24, 2.45) is 0 Å². The number of nitrogens with zero attached hydrogens (tertiary/aromatic N) is 1. The molecule has 0 saturated heterocycles. The lowest BCUT2D eigenvalue weighted by Crippen LogP contribution is -2.28. The Labute approximate surface area is 161 Å². The number of aryl methyl sites for hydroxylation is 2. The molecular weight excluding hydrogens is 398 g/mol. The predicted molar refractivity (Wildman–Crippen MR) is 96.8 cm³/mol. The van der Waals surface area contributed by atoms with E-state index in [0.29, 0.717) is 10.7 Å². The Hall–Kier alpha value is -2.43. The number of rotatable bonds is 8. The molecule has 1 heterocycles. The second-order valence-electron chi connectivity index (χ2n) is 5.52. The number of esters is 1. The number of hydrogen-bond acceptors (Lipinski definition) is 7. The maximum absolute atomic E-state index is 12.2. The van der Waals surface area contributed by atoms with Crippen molar-refractivity contribution in [1.29, 1.82) is 0 Å². The van der Waals surface area contributed by atoms with Gasteiger partial charge in [0.25, 0.3) is 5.91 Å². The normalized spacial score (nSPS) is 11.2. The molecule has 0 radical (unpaired) electrons. The van der Waals surface area contributed by atoms with Crippen molar-refractivity contribution in [3.8, 4) is 0 Å². The summed E-state index contributed by atoms with van der Waals surface area (Å²) >= 11 is 5.80. The smallest absolute Gasteiger partial charge is 0.307 e. The van der Waals surface area contributed by atoms with Crippen LogP contribution in [0.3, 0.4) is 0 Å². The lowest BCUT2D eigenvalue weighted by molar-refractivity contribution is -0.147. The van der Waals surface area contributed by atoms with Gasteiger partial charge in [0.15, 0.2) is 12.4 Å². The maximum Gasteiger partial charge on any atom is 0.307 e. The summed E-state index contributed by atoms with van der Waals surface area (Å²) in [6.07, 6.45) is -0.243. The van der Waals surface area contributed by atoms with Crippen LogP contribution in [-0.4, -0.2) is 38.6 Å². The van der Waals surface area contributed by atoms with Gasteiger partial charge in [0, 0.05) is 17.3 Å². The van der Waals surface area contributed by atoms with Crippen molar-refractivity contribution in [2.45, 2.75) is 25.2 Å². The van der Waals surface area contributed by atoms with Crippen molar-refractivity contribution >= 4 is 39.2 Å². The number of halogens is 1. The van der Waals surface area contributed by atoms with E-state index in [1.54, 1.807) is 24.3 Å². The number of carbonyl (C=O) groups excluding carboxylic acids is 2. The SMILES string of the molecule is Cc1noc(C)c1S(=O)(=O)NCCC(=O)OCC(=O)Nc1cccc(Cl)c1. The molecule has 0 spiro atoms. The summed E-state index contributed by atoms with van der Waals surface area (Å²) in [5.41, 5.74) is 0.691. The second-order valence-corrected chi connectivity index (χ2v) is 7.66. The van der Waals surface area contributed by atoms with Crippen LogP contribution in [0.2, 0.25) is 5.02 Å². The van der Waals surface area contributed by atoms with Gasteiger partial charge in [-0.25, -0.2) is 13.1 Å². The van der Waals surface area contributed by atoms with Gasteiger partial charge in [0.2, 0.25) is 10.0 Å². The van der Waals surface area contributed by atoms with Crippen molar-refractivity contribution in [3.05, 3.63) is 40.7 Å². The maximum atomic E-state index is 12.2. The average molecular weight is 416 g/mol. The van der Waals surface area contributed by atoms with Gasteiger partial charge in [-0.3, -0.25) is 9.59 Å². The second kappa shape index (κ2) is 8.98. The minimum atomic E-state index is -3.86. The van der Waals surface area contributed by atoms with E-state index in [4.69, 9.17) is 20.9 Å². The lowest BCUT2D eigenvalue weighted by Gasteiger charge is -2.08. The largest absolute Gasteiger partial charge is 0.456 e. The third-order valence-electron chi connectivity index (χ3n) is 3.33. The molecule has 0 unspecified atom stereocenters. The molecule has 2 N–H and O–H groups in total. The molecule has 0 saturated carbocycles. The van der Waals surface area contributed by atoms with Crippen LogP contribution in [0.4, 0.5) is 5.69 Å². The zero-order valence-corrected chi connectivity index (χ0v) is 16.2. The van der Waals surface area contributed by atoms with Crippen molar-refractivity contribution in [1.82, 2.24) is 9.88 Å². The number of ether oxygens (including phenoxy) is 1. The zero-order chi connectivity index (χ0) is 20.0. The van der Waals surface area contributed by atoms with Crippen LogP contribution in [0.5, 0.6) is 0 Å². The lowest BCUT2D eigenvalue weighted by atomic mass is 10.3. The van der Waals surface area contributed by atoms with Gasteiger partial charge in [-0.15, -0.1) is 0 Å². The third-order valence-corrected chi connectivity index (χ3v) is 5.27. The first-order chi connectivity index (χ1) is 12.7. The Morgan fingerprint density at radius 3 is 2.67 bits per heavy atom. The Balaban J connectivity index is 1.75. The first kappa shape index (κ1) is 20.9. The Morgan fingerprint density at radius 2 is 2.04 bits per heavy atom. The van der Waals surface area contributed by atoms with Gasteiger partial charge in [-0.1, -0.05) is 22.8 Å². The third kappa shape index (κ3) is 6.05. The topological polar surface area (TPSA) is 128 Å². The number of sulfonamides is 1. The molecule has 0 fully saturated rings. The molecule has 0 aliphatic rings. The highest BCUT2D eigenvalue weighted by molar-refractivity contribution is 7.89. The fraction of sp³-hybridized carbons (Fsp3) is 0.312. The molecule has 146 valence electrons. The highest BCUT2D eigenvalue weighted by Gasteiger charge is 2.24. The summed E-state index contributed by atoms with van der Waals surface area (Å²) in [5.74, 6) is -1.11. The number of carbonyl (C=O) groups is 2. The predicted octanol–water partition coefficient (Wildman–Crippen LogP) is 1.80. The molecule has 2 aromatic rings. The summed E-state index contributed by atoms with van der Waals surface area (Å²) in [7, 11) is -3.86. The zero-order valence-electron chi connectivity index (χ0n) is 14.6. The van der Waals surface area contributed by atoms with Crippen LogP contribution in [0.25, 0.3) is 0 Å². The summed E-state index contributed by atoms with van der Waals surface area (Å²) in [5, 5.41) is 6.55. The molecule has 0 aliphatic carbocycles. The van der Waals surface area contributed by atoms with Gasteiger partial charge in [0.05, 0.1) is 6.42 Å². The van der Waals surface area contributed by atoms with Crippen LogP contribution in [0.1, 0.15) is 17.9 Å². The van der Waals surface area contributed by atoms with Crippen molar-refractivity contribution in [2.75, 3.05) is 18.5 Å². The molecule has 0 bridgehead atoms. The molecule has 1 amide bonds. The van der Waals surface area contributed by atoms with E-state index >= 15 is 0 Å². The summed E-state index contributed by atoms with van der Waals surface area (Å²) in [6, 6.07) is 6.50. The van der Waals surface area contributed by atoms with E-state index in [0.717, 1.165) is 0 Å². The highest BCUT2D eigenvalue weighted by Crippen LogP contribution is 2.18. The highest BCUT2D eigenvalue weighted by atomic mass is 35.5. The summed E-state index contributed by atoms with van der Waals surface area (Å²) in [6.45, 7) is 2.28. The summed E-state index contributed by atoms with van der Waals surface area (Å²) < 4.78 is 36.2. The van der Waals surface area contributed by atoms with Crippen LogP contribution < -0.4 is 10.0 Å². The van der Waals surface area contributed by atoms with Gasteiger partial charge < -0.3 is 14.6 Å². The molecule has 0 atom stereocenters. The van der Waals surface area contributed by atoms with Gasteiger partial charge >= 0.3 is 5.97 Å². The van der Waals surface area contributed by atoms with Gasteiger partial charge in [0.1, 0.15) is 10.6 Å². The fourth-order valence-corrected chi connectivity index (χ4v) is 3.75. The van der Waals surface area contributed by atoms with E-state index in [9.17, 15) is 18.0 Å².